The lowest BCUT2D eigenvalue weighted by atomic mass is 10.1. The monoisotopic (exact) mass is 406 g/mol. The molecule has 2 N–H and O–H groups in total. The smallest absolute Gasteiger partial charge is 0.313 e. The van der Waals surface area contributed by atoms with Gasteiger partial charge in [-0.15, -0.1) is 0 Å². The number of hydrogen-bond donors (Lipinski definition) is 2. The van der Waals surface area contributed by atoms with Crippen molar-refractivity contribution in [2.45, 2.75) is 32.7 Å². The number of amides is 2. The number of nitrogens with one attached hydrogen (secondary N) is 2. The zero-order valence-electron chi connectivity index (χ0n) is 16.5. The zero-order chi connectivity index (χ0) is 21.4. The van der Waals surface area contributed by atoms with E-state index in [0.29, 0.717) is 17.7 Å². The number of carbonyl (C=O) groups excluding carboxylic acids is 2. The quantitative estimate of drug-likeness (QED) is 0.660. The Bertz CT molecular complexity index is 858. The molecule has 156 valence electrons. The molecule has 0 aliphatic carbocycles. The molecule has 0 aliphatic heterocycles. The summed E-state index contributed by atoms with van der Waals surface area (Å²) in [7, 11) is 1.57. The van der Waals surface area contributed by atoms with Crippen LogP contribution in [0.5, 0.6) is 11.5 Å². The molecule has 0 saturated carbocycles. The Morgan fingerprint density at radius 2 is 1.86 bits per heavy atom. The van der Waals surface area contributed by atoms with E-state index in [1.165, 1.54) is 6.07 Å². The standard InChI is InChI=1S/C21H24F2N2O4/c1-13-7-8-16(11-18(13)29-12-19(22)23)25-21(27)20(26)24-14(2)9-15-5-4-6-17(10-15)28-3/h4-8,10-11,14,19H,9,12H2,1-3H3,(H,24,26)(H,25,27). The lowest BCUT2D eigenvalue weighted by molar-refractivity contribution is -0.136. The van der Waals surface area contributed by atoms with Crippen molar-refractivity contribution in [3.05, 3.63) is 53.6 Å². The highest BCUT2D eigenvalue weighted by Crippen LogP contribution is 2.23. The van der Waals surface area contributed by atoms with Gasteiger partial charge in [0.15, 0.2) is 0 Å². The van der Waals surface area contributed by atoms with E-state index < -0.39 is 24.8 Å². The maximum Gasteiger partial charge on any atom is 0.313 e. The molecular formula is C21H24F2N2O4. The molecule has 0 aromatic heterocycles. The van der Waals surface area contributed by atoms with E-state index in [0.717, 1.165) is 5.56 Å². The lowest BCUT2D eigenvalue weighted by Gasteiger charge is -2.15. The van der Waals surface area contributed by atoms with Crippen molar-refractivity contribution in [1.82, 2.24) is 5.32 Å². The minimum Gasteiger partial charge on any atom is -0.497 e. The Kier molecular flexibility index (Phi) is 7.94. The summed E-state index contributed by atoms with van der Waals surface area (Å²) < 4.78 is 34.9. The normalized spacial score (nSPS) is 11.7. The summed E-state index contributed by atoms with van der Waals surface area (Å²) in [5.41, 5.74) is 1.87. The van der Waals surface area contributed by atoms with E-state index in [-0.39, 0.29) is 17.5 Å². The summed E-state index contributed by atoms with van der Waals surface area (Å²) in [5.74, 6) is -0.722. The molecular weight excluding hydrogens is 382 g/mol. The van der Waals surface area contributed by atoms with Gasteiger partial charge in [-0.25, -0.2) is 8.78 Å². The third kappa shape index (κ3) is 7.06. The first-order valence-corrected chi connectivity index (χ1v) is 9.05. The SMILES string of the molecule is COc1cccc(CC(C)NC(=O)C(=O)Nc2ccc(C)c(OCC(F)F)c2)c1. The number of anilines is 1. The number of halogens is 2. The summed E-state index contributed by atoms with van der Waals surface area (Å²) in [6.07, 6.45) is -2.09. The second kappa shape index (κ2) is 10.4. The van der Waals surface area contributed by atoms with Crippen LogP contribution in [0.25, 0.3) is 0 Å². The molecule has 2 aromatic carbocycles. The van der Waals surface area contributed by atoms with Crippen molar-refractivity contribution >= 4 is 17.5 Å². The molecule has 8 heteroatoms. The molecule has 0 spiro atoms. The van der Waals surface area contributed by atoms with Gasteiger partial charge in [0, 0.05) is 17.8 Å². The average Bonchev–Trinajstić information content (AvgIpc) is 2.68. The maximum absolute atomic E-state index is 12.3. The summed E-state index contributed by atoms with van der Waals surface area (Å²) >= 11 is 0. The molecule has 2 rings (SSSR count). The summed E-state index contributed by atoms with van der Waals surface area (Å²) in [5, 5.41) is 5.08. The van der Waals surface area contributed by atoms with Gasteiger partial charge in [-0.05, 0) is 49.6 Å². The van der Waals surface area contributed by atoms with Crippen LogP contribution >= 0.6 is 0 Å². The van der Waals surface area contributed by atoms with Gasteiger partial charge in [0.2, 0.25) is 0 Å². The molecule has 29 heavy (non-hydrogen) atoms. The Morgan fingerprint density at radius 3 is 2.55 bits per heavy atom. The number of hydrogen-bond acceptors (Lipinski definition) is 4. The molecule has 0 radical (unpaired) electrons. The lowest BCUT2D eigenvalue weighted by Crippen LogP contribution is -2.41. The van der Waals surface area contributed by atoms with Crippen LogP contribution in [-0.2, 0) is 16.0 Å². The van der Waals surface area contributed by atoms with Crippen LogP contribution in [0, 0.1) is 6.92 Å². The highest BCUT2D eigenvalue weighted by molar-refractivity contribution is 6.39. The highest BCUT2D eigenvalue weighted by Gasteiger charge is 2.17. The van der Waals surface area contributed by atoms with E-state index in [1.54, 1.807) is 33.1 Å². The van der Waals surface area contributed by atoms with Crippen LogP contribution in [0.4, 0.5) is 14.5 Å². The number of aryl methyl sites for hydroxylation is 1. The number of carbonyl (C=O) groups is 2. The molecule has 1 atom stereocenters. The van der Waals surface area contributed by atoms with Crippen LogP contribution in [0.15, 0.2) is 42.5 Å². The number of rotatable bonds is 8. The van der Waals surface area contributed by atoms with Gasteiger partial charge < -0.3 is 20.1 Å². The molecule has 6 nitrogen and oxygen atoms in total. The fourth-order valence-electron chi connectivity index (χ4n) is 2.67. The van der Waals surface area contributed by atoms with Gasteiger partial charge in [-0.3, -0.25) is 9.59 Å². The second-order valence-electron chi connectivity index (χ2n) is 6.57. The van der Waals surface area contributed by atoms with E-state index >= 15 is 0 Å². The summed E-state index contributed by atoms with van der Waals surface area (Å²) in [6.45, 7) is 2.73. The van der Waals surface area contributed by atoms with Crippen LogP contribution in [0.2, 0.25) is 0 Å². The first-order valence-electron chi connectivity index (χ1n) is 9.05. The van der Waals surface area contributed by atoms with Crippen LogP contribution in [-0.4, -0.2) is 38.0 Å². The van der Waals surface area contributed by atoms with Gasteiger partial charge in [-0.2, -0.15) is 0 Å². The predicted octanol–water partition coefficient (Wildman–Crippen LogP) is 3.33. The van der Waals surface area contributed by atoms with Gasteiger partial charge in [0.1, 0.15) is 18.1 Å². The van der Waals surface area contributed by atoms with Crippen molar-refractivity contribution in [1.29, 1.82) is 0 Å². The predicted molar refractivity (Wildman–Crippen MR) is 106 cm³/mol. The molecule has 2 aromatic rings. The second-order valence-corrected chi connectivity index (χ2v) is 6.57. The topological polar surface area (TPSA) is 76.7 Å². The van der Waals surface area contributed by atoms with Gasteiger partial charge in [0.05, 0.1) is 7.11 Å². The van der Waals surface area contributed by atoms with Crippen LogP contribution < -0.4 is 20.1 Å². The summed E-state index contributed by atoms with van der Waals surface area (Å²) in [6, 6.07) is 11.7. The minimum absolute atomic E-state index is 0.218. The number of methoxy groups -OCH3 is 1. The molecule has 0 saturated heterocycles. The third-order valence-corrected chi connectivity index (χ3v) is 4.07. The largest absolute Gasteiger partial charge is 0.497 e. The Morgan fingerprint density at radius 1 is 1.10 bits per heavy atom. The van der Waals surface area contributed by atoms with E-state index in [4.69, 9.17) is 9.47 Å². The molecule has 1 unspecified atom stereocenters. The Hall–Kier alpha value is -3.16. The zero-order valence-corrected chi connectivity index (χ0v) is 16.5. The molecule has 0 bridgehead atoms. The molecule has 0 heterocycles. The van der Waals surface area contributed by atoms with Crippen LogP contribution in [0.3, 0.4) is 0 Å². The molecule has 0 aliphatic rings. The average molecular weight is 406 g/mol. The number of ether oxygens (including phenoxy) is 2. The Balaban J connectivity index is 1.92. The molecule has 2 amide bonds. The number of benzene rings is 2. The van der Waals surface area contributed by atoms with E-state index in [9.17, 15) is 18.4 Å². The van der Waals surface area contributed by atoms with Crippen molar-refractivity contribution in [3.63, 3.8) is 0 Å². The number of alkyl halides is 2. The van der Waals surface area contributed by atoms with Gasteiger partial charge in [-0.1, -0.05) is 18.2 Å². The highest BCUT2D eigenvalue weighted by atomic mass is 19.3. The van der Waals surface area contributed by atoms with E-state index in [2.05, 4.69) is 10.6 Å². The fraction of sp³-hybridized carbons (Fsp3) is 0.333. The van der Waals surface area contributed by atoms with Crippen molar-refractivity contribution in [2.75, 3.05) is 19.0 Å². The summed E-state index contributed by atoms with van der Waals surface area (Å²) in [4.78, 5) is 24.3. The Labute approximate surface area is 168 Å². The van der Waals surface area contributed by atoms with Crippen LogP contribution in [0.1, 0.15) is 18.1 Å². The van der Waals surface area contributed by atoms with Gasteiger partial charge >= 0.3 is 11.8 Å². The maximum atomic E-state index is 12.3. The van der Waals surface area contributed by atoms with Crippen molar-refractivity contribution in [3.8, 4) is 11.5 Å². The first-order chi connectivity index (χ1) is 13.8. The fourth-order valence-corrected chi connectivity index (χ4v) is 2.67. The molecule has 0 fully saturated rings. The minimum atomic E-state index is -2.61. The van der Waals surface area contributed by atoms with Gasteiger partial charge in [0.25, 0.3) is 6.43 Å². The van der Waals surface area contributed by atoms with Crippen molar-refractivity contribution in [2.24, 2.45) is 0 Å². The third-order valence-electron chi connectivity index (χ3n) is 4.07. The van der Waals surface area contributed by atoms with Crippen molar-refractivity contribution < 1.29 is 27.8 Å². The van der Waals surface area contributed by atoms with E-state index in [1.807, 2.05) is 24.3 Å². The first kappa shape index (κ1) is 22.1.